The minimum absolute atomic E-state index is 0.0734. The van der Waals surface area contributed by atoms with E-state index in [0.29, 0.717) is 6.54 Å². The molecule has 1 aromatic heterocycles. The van der Waals surface area contributed by atoms with E-state index in [-0.39, 0.29) is 17.8 Å². The van der Waals surface area contributed by atoms with Crippen molar-refractivity contribution in [3.8, 4) is 0 Å². The molecule has 120 valence electrons. The lowest BCUT2D eigenvalue weighted by Gasteiger charge is -2.34. The van der Waals surface area contributed by atoms with Gasteiger partial charge in [-0.1, -0.05) is 6.07 Å². The first-order valence-corrected chi connectivity index (χ1v) is 8.88. The molecule has 0 N–H and O–H groups in total. The summed E-state index contributed by atoms with van der Waals surface area (Å²) in [5.74, 6) is -0.212. The van der Waals surface area contributed by atoms with E-state index in [0.717, 1.165) is 48.6 Å². The maximum Gasteiger partial charge on any atom is 0.249 e. The van der Waals surface area contributed by atoms with E-state index in [1.165, 1.54) is 12.1 Å². The summed E-state index contributed by atoms with van der Waals surface area (Å²) in [6, 6.07) is 4.59. The number of thiazole rings is 1. The van der Waals surface area contributed by atoms with E-state index in [1.807, 2.05) is 5.38 Å². The molecule has 1 saturated heterocycles. The predicted molar refractivity (Wildman–Crippen MR) is 89.6 cm³/mol. The fourth-order valence-corrected chi connectivity index (χ4v) is 4.29. The Morgan fingerprint density at radius 3 is 3.04 bits per heavy atom. The Morgan fingerprint density at radius 2 is 2.22 bits per heavy atom. The maximum absolute atomic E-state index is 13.7. The van der Waals surface area contributed by atoms with Gasteiger partial charge in [0.1, 0.15) is 11.9 Å². The van der Waals surface area contributed by atoms with Crippen LogP contribution in [-0.2, 0) is 11.2 Å². The van der Waals surface area contributed by atoms with Crippen molar-refractivity contribution in [3.63, 3.8) is 0 Å². The van der Waals surface area contributed by atoms with Crippen molar-refractivity contribution in [3.05, 3.63) is 41.2 Å². The van der Waals surface area contributed by atoms with Crippen molar-refractivity contribution in [2.24, 2.45) is 0 Å². The molecule has 4 nitrogen and oxygen atoms in total. The van der Waals surface area contributed by atoms with Gasteiger partial charge in [0.05, 0.1) is 0 Å². The van der Waals surface area contributed by atoms with Crippen LogP contribution in [0.15, 0.2) is 29.8 Å². The SMILES string of the molecule is O=C(C1CCCN1c1nccs1)N1CCCc2ccc(F)cc21. The Balaban J connectivity index is 1.64. The van der Waals surface area contributed by atoms with Crippen molar-refractivity contribution < 1.29 is 9.18 Å². The molecule has 0 radical (unpaired) electrons. The molecule has 23 heavy (non-hydrogen) atoms. The zero-order valence-electron chi connectivity index (χ0n) is 12.7. The molecule has 0 saturated carbocycles. The second-order valence-corrected chi connectivity index (χ2v) is 6.91. The van der Waals surface area contributed by atoms with Crippen LogP contribution in [0.5, 0.6) is 0 Å². The van der Waals surface area contributed by atoms with Crippen LogP contribution in [0, 0.1) is 5.82 Å². The van der Waals surface area contributed by atoms with Gasteiger partial charge in [-0.3, -0.25) is 4.79 Å². The number of rotatable bonds is 2. The van der Waals surface area contributed by atoms with E-state index in [9.17, 15) is 9.18 Å². The summed E-state index contributed by atoms with van der Waals surface area (Å²) in [6.45, 7) is 1.52. The molecular weight excluding hydrogens is 313 g/mol. The fraction of sp³-hybridized carbons (Fsp3) is 0.412. The Kier molecular flexibility index (Phi) is 3.77. The second-order valence-electron chi connectivity index (χ2n) is 6.03. The monoisotopic (exact) mass is 331 g/mol. The molecule has 1 fully saturated rings. The number of aryl methyl sites for hydroxylation is 1. The minimum Gasteiger partial charge on any atom is -0.336 e. The molecule has 1 unspecified atom stereocenters. The first-order chi connectivity index (χ1) is 11.2. The van der Waals surface area contributed by atoms with Gasteiger partial charge in [0.15, 0.2) is 5.13 Å². The number of carbonyl (C=O) groups is 1. The van der Waals surface area contributed by atoms with Crippen LogP contribution >= 0.6 is 11.3 Å². The number of halogens is 1. The van der Waals surface area contributed by atoms with E-state index in [2.05, 4.69) is 9.88 Å². The quantitative estimate of drug-likeness (QED) is 0.848. The lowest BCUT2D eigenvalue weighted by atomic mass is 10.0. The van der Waals surface area contributed by atoms with Crippen molar-refractivity contribution in [1.29, 1.82) is 0 Å². The third-order valence-corrected chi connectivity index (χ3v) is 5.44. The summed E-state index contributed by atoms with van der Waals surface area (Å²) < 4.78 is 13.7. The maximum atomic E-state index is 13.7. The lowest BCUT2D eigenvalue weighted by Crippen LogP contribution is -2.47. The van der Waals surface area contributed by atoms with Crippen molar-refractivity contribution >= 4 is 28.1 Å². The molecule has 3 heterocycles. The average molecular weight is 331 g/mol. The van der Waals surface area contributed by atoms with Crippen molar-refractivity contribution in [2.75, 3.05) is 22.9 Å². The van der Waals surface area contributed by atoms with Gasteiger partial charge in [0, 0.05) is 30.4 Å². The van der Waals surface area contributed by atoms with Crippen LogP contribution in [0.25, 0.3) is 0 Å². The Bertz CT molecular complexity index is 719. The smallest absolute Gasteiger partial charge is 0.249 e. The number of fused-ring (bicyclic) bond motifs is 1. The number of anilines is 2. The topological polar surface area (TPSA) is 36.4 Å². The number of benzene rings is 1. The highest BCUT2D eigenvalue weighted by atomic mass is 32.1. The number of amides is 1. The van der Waals surface area contributed by atoms with E-state index >= 15 is 0 Å². The number of carbonyl (C=O) groups excluding carboxylic acids is 1. The van der Waals surface area contributed by atoms with Gasteiger partial charge >= 0.3 is 0 Å². The lowest BCUT2D eigenvalue weighted by molar-refractivity contribution is -0.119. The second kappa shape index (κ2) is 5.92. The summed E-state index contributed by atoms with van der Waals surface area (Å²) in [5, 5.41) is 2.83. The van der Waals surface area contributed by atoms with Gasteiger partial charge in [0.2, 0.25) is 5.91 Å². The van der Waals surface area contributed by atoms with E-state index in [4.69, 9.17) is 0 Å². The van der Waals surface area contributed by atoms with Crippen LogP contribution in [0.1, 0.15) is 24.8 Å². The Labute approximate surface area is 138 Å². The molecule has 1 atom stereocenters. The van der Waals surface area contributed by atoms with Gasteiger partial charge in [-0.15, -0.1) is 11.3 Å². The molecule has 6 heteroatoms. The molecular formula is C17H18FN3OS. The van der Waals surface area contributed by atoms with Crippen LogP contribution in [-0.4, -0.2) is 30.0 Å². The minimum atomic E-state index is -0.286. The summed E-state index contributed by atoms with van der Waals surface area (Å²) in [7, 11) is 0. The van der Waals surface area contributed by atoms with E-state index < -0.39 is 0 Å². The van der Waals surface area contributed by atoms with E-state index in [1.54, 1.807) is 28.5 Å². The fourth-order valence-electron chi connectivity index (χ4n) is 3.57. The van der Waals surface area contributed by atoms with Gasteiger partial charge < -0.3 is 9.80 Å². The Morgan fingerprint density at radius 1 is 1.30 bits per heavy atom. The zero-order chi connectivity index (χ0) is 15.8. The predicted octanol–water partition coefficient (Wildman–Crippen LogP) is 3.23. The zero-order valence-corrected chi connectivity index (χ0v) is 13.6. The highest BCUT2D eigenvalue weighted by Gasteiger charge is 2.36. The summed E-state index contributed by atoms with van der Waals surface area (Å²) in [6.07, 6.45) is 5.42. The third-order valence-electron chi connectivity index (χ3n) is 4.63. The molecule has 0 aliphatic carbocycles. The van der Waals surface area contributed by atoms with Crippen LogP contribution < -0.4 is 9.80 Å². The Hall–Kier alpha value is -1.95. The summed E-state index contributed by atoms with van der Waals surface area (Å²) in [4.78, 5) is 21.3. The average Bonchev–Trinajstić information content (AvgIpc) is 3.24. The number of nitrogens with zero attached hydrogens (tertiary/aromatic N) is 3. The molecule has 2 aliphatic rings. The van der Waals surface area contributed by atoms with Gasteiger partial charge in [0.25, 0.3) is 0 Å². The molecule has 2 aromatic rings. The molecule has 1 aromatic carbocycles. The van der Waals surface area contributed by atoms with Crippen molar-refractivity contribution in [2.45, 2.75) is 31.7 Å². The highest BCUT2D eigenvalue weighted by Crippen LogP contribution is 2.33. The third kappa shape index (κ3) is 2.61. The first kappa shape index (κ1) is 14.6. The van der Waals surface area contributed by atoms with Gasteiger partial charge in [-0.2, -0.15) is 0 Å². The summed E-state index contributed by atoms with van der Waals surface area (Å²) >= 11 is 1.56. The normalized spacial score (nSPS) is 20.7. The van der Waals surface area contributed by atoms with Crippen molar-refractivity contribution in [1.82, 2.24) is 4.98 Å². The molecule has 0 bridgehead atoms. The van der Waals surface area contributed by atoms with Crippen LogP contribution in [0.3, 0.4) is 0 Å². The molecule has 4 rings (SSSR count). The molecule has 2 aliphatic heterocycles. The highest BCUT2D eigenvalue weighted by molar-refractivity contribution is 7.13. The number of hydrogen-bond donors (Lipinski definition) is 0. The largest absolute Gasteiger partial charge is 0.336 e. The molecule has 0 spiro atoms. The molecule has 1 amide bonds. The number of hydrogen-bond acceptors (Lipinski definition) is 4. The van der Waals surface area contributed by atoms with Crippen LogP contribution in [0.2, 0.25) is 0 Å². The standard InChI is InChI=1S/C17H18FN3OS/c18-13-6-5-12-3-1-8-20(15(12)11-13)16(22)14-4-2-9-21(14)17-19-7-10-23-17/h5-7,10-11,14H,1-4,8-9H2. The van der Waals surface area contributed by atoms with Gasteiger partial charge in [-0.25, -0.2) is 9.37 Å². The first-order valence-electron chi connectivity index (χ1n) is 8.00. The van der Waals surface area contributed by atoms with Gasteiger partial charge in [-0.05, 0) is 43.4 Å². The summed E-state index contributed by atoms with van der Waals surface area (Å²) in [5.41, 5.74) is 1.80. The number of aromatic nitrogens is 1. The van der Waals surface area contributed by atoms with Crippen LogP contribution in [0.4, 0.5) is 15.2 Å².